The van der Waals surface area contributed by atoms with Crippen LogP contribution in [0, 0.1) is 23.3 Å². The fourth-order valence-corrected chi connectivity index (χ4v) is 15.0. The highest BCUT2D eigenvalue weighted by atomic mass is 32.1. The molecule has 0 atom stereocenters. The molecule has 2 fully saturated rings. The van der Waals surface area contributed by atoms with Gasteiger partial charge in [-0.1, -0.05) is 38.5 Å². The average molecular weight is 809 g/mol. The standard InChI is InChI=1S/C45H32F4O4S3/c46-29-12-21-19-53-20-22(38(50)25(21)16-30(29)47)11-24-15-34-41(54-24)37-43(56-34)42-36(45(37)9-5-2-6-10-45)35-33(55-42)14-23(44(35)7-3-1-4-8-44)13-28-39(51)26-17-31(48)32(49)18-27(26)40(28)52/h11-18H,1-10,19-20H2/b22-11+. The molecule has 0 saturated heterocycles. The maximum atomic E-state index is 14.2. The number of benzene rings is 2. The normalized spacial score (nSPS) is 21.1. The van der Waals surface area contributed by atoms with E-state index in [2.05, 4.69) is 12.1 Å². The van der Waals surface area contributed by atoms with Crippen LogP contribution >= 0.6 is 34.0 Å². The fourth-order valence-electron chi connectivity index (χ4n) is 10.6. The number of carbonyl (C=O) groups excluding carboxylic acids is 3. The van der Waals surface area contributed by atoms with Crippen LogP contribution in [0.15, 0.2) is 53.1 Å². The van der Waals surface area contributed by atoms with Crippen LogP contribution in [0.1, 0.15) is 127 Å². The summed E-state index contributed by atoms with van der Waals surface area (Å²) in [7, 11) is 0. The van der Waals surface area contributed by atoms with Gasteiger partial charge in [0, 0.05) is 58.0 Å². The minimum atomic E-state index is -1.14. The van der Waals surface area contributed by atoms with Gasteiger partial charge < -0.3 is 4.74 Å². The molecule has 0 amide bonds. The molecule has 282 valence electrons. The highest BCUT2D eigenvalue weighted by Crippen LogP contribution is 2.69. The quantitative estimate of drug-likeness (QED) is 0.101. The predicted molar refractivity (Wildman–Crippen MR) is 211 cm³/mol. The summed E-state index contributed by atoms with van der Waals surface area (Å²) in [6, 6.07) is 5.84. The number of ketones is 3. The molecular weight excluding hydrogens is 777 g/mol. The van der Waals surface area contributed by atoms with Crippen molar-refractivity contribution in [3.63, 3.8) is 0 Å². The van der Waals surface area contributed by atoms with Crippen LogP contribution in [0.3, 0.4) is 0 Å². The summed E-state index contributed by atoms with van der Waals surface area (Å²) < 4.78 is 64.8. The molecule has 1 aliphatic heterocycles. The Hall–Kier alpha value is -4.29. The molecule has 3 aromatic heterocycles. The van der Waals surface area contributed by atoms with E-state index in [9.17, 15) is 31.9 Å². The van der Waals surface area contributed by atoms with Crippen molar-refractivity contribution in [3.8, 4) is 9.75 Å². The first-order chi connectivity index (χ1) is 27.1. The fraction of sp³-hybridized carbons (Fsp3) is 0.311. The van der Waals surface area contributed by atoms with Gasteiger partial charge >= 0.3 is 0 Å². The number of hydrogen-bond donors (Lipinski definition) is 0. The molecule has 5 aromatic rings. The summed E-state index contributed by atoms with van der Waals surface area (Å²) in [5, 5.41) is 0. The van der Waals surface area contributed by atoms with E-state index in [1.807, 2.05) is 6.08 Å². The van der Waals surface area contributed by atoms with E-state index < -0.39 is 34.8 Å². The lowest BCUT2D eigenvalue weighted by atomic mass is 9.61. The Morgan fingerprint density at radius 3 is 1.88 bits per heavy atom. The summed E-state index contributed by atoms with van der Waals surface area (Å²) in [6.07, 6.45) is 16.0. The summed E-state index contributed by atoms with van der Waals surface area (Å²) in [5.41, 5.74) is 5.16. The number of rotatable bonds is 2. The highest BCUT2D eigenvalue weighted by Gasteiger charge is 2.55. The predicted octanol–water partition coefficient (Wildman–Crippen LogP) is 12.2. The minimum absolute atomic E-state index is 0.0211. The van der Waals surface area contributed by atoms with Crippen LogP contribution in [0.5, 0.6) is 0 Å². The van der Waals surface area contributed by atoms with Gasteiger partial charge in [0.15, 0.2) is 40.6 Å². The van der Waals surface area contributed by atoms with E-state index in [0.717, 1.165) is 104 Å². The van der Waals surface area contributed by atoms with Gasteiger partial charge in [0.1, 0.15) is 0 Å². The van der Waals surface area contributed by atoms with Gasteiger partial charge in [0.05, 0.1) is 28.4 Å². The Morgan fingerprint density at radius 1 is 0.589 bits per heavy atom. The lowest BCUT2D eigenvalue weighted by molar-refractivity contribution is 0.0982. The second-order valence-corrected chi connectivity index (χ2v) is 19.2. The topological polar surface area (TPSA) is 60.4 Å². The summed E-state index contributed by atoms with van der Waals surface area (Å²) in [4.78, 5) is 45.5. The molecule has 0 unspecified atom stereocenters. The van der Waals surface area contributed by atoms with Crippen molar-refractivity contribution in [1.82, 2.24) is 0 Å². The molecule has 56 heavy (non-hydrogen) atoms. The van der Waals surface area contributed by atoms with Gasteiger partial charge in [-0.15, -0.1) is 34.0 Å². The van der Waals surface area contributed by atoms with Crippen LogP contribution in [-0.2, 0) is 22.2 Å². The Kier molecular flexibility index (Phi) is 7.70. The van der Waals surface area contributed by atoms with E-state index in [-0.39, 0.29) is 52.1 Å². The second kappa shape index (κ2) is 12.4. The van der Waals surface area contributed by atoms with Crippen molar-refractivity contribution >= 4 is 72.9 Å². The third-order valence-corrected chi connectivity index (χ3v) is 16.7. The van der Waals surface area contributed by atoms with Crippen LogP contribution in [0.4, 0.5) is 17.6 Å². The highest BCUT2D eigenvalue weighted by molar-refractivity contribution is 7.32. The maximum absolute atomic E-state index is 14.2. The van der Waals surface area contributed by atoms with E-state index in [1.165, 1.54) is 36.0 Å². The molecule has 6 aliphatic rings. The van der Waals surface area contributed by atoms with Crippen molar-refractivity contribution in [2.24, 2.45) is 0 Å². The van der Waals surface area contributed by atoms with Crippen molar-refractivity contribution in [2.75, 3.05) is 6.61 Å². The first kappa shape index (κ1) is 34.9. The molecule has 4 nitrogen and oxygen atoms in total. The third kappa shape index (κ3) is 4.74. The maximum Gasteiger partial charge on any atom is 0.197 e. The lowest BCUT2D eigenvalue weighted by Gasteiger charge is -2.42. The van der Waals surface area contributed by atoms with Crippen molar-refractivity contribution < 1.29 is 36.7 Å². The average Bonchev–Trinajstić information content (AvgIpc) is 3.98. The molecule has 2 aromatic carbocycles. The first-order valence-corrected chi connectivity index (χ1v) is 21.6. The molecule has 0 radical (unpaired) electrons. The zero-order valence-corrected chi connectivity index (χ0v) is 32.4. The molecule has 2 saturated carbocycles. The number of allylic oxidation sites excluding steroid dienone is 3. The van der Waals surface area contributed by atoms with E-state index in [1.54, 1.807) is 40.1 Å². The molecule has 11 heteroatoms. The summed E-state index contributed by atoms with van der Waals surface area (Å²) in [6.45, 7) is 0.0612. The molecule has 0 N–H and O–H groups in total. The minimum Gasteiger partial charge on any atom is -0.372 e. The van der Waals surface area contributed by atoms with Crippen LogP contribution < -0.4 is 0 Å². The third-order valence-electron chi connectivity index (χ3n) is 13.1. The van der Waals surface area contributed by atoms with Crippen LogP contribution in [-0.4, -0.2) is 24.0 Å². The number of thiophene rings is 3. The molecule has 0 bridgehead atoms. The number of Topliss-reactive ketones (excluding diaryl/α,β-unsaturated/α-hetero) is 3. The Morgan fingerprint density at radius 2 is 1.20 bits per heavy atom. The van der Waals surface area contributed by atoms with Crippen molar-refractivity contribution in [3.05, 3.63) is 125 Å². The Bertz CT molecular complexity index is 2700. The lowest BCUT2D eigenvalue weighted by Crippen LogP contribution is -2.35. The molecule has 5 aliphatic carbocycles. The number of halogens is 4. The smallest absolute Gasteiger partial charge is 0.197 e. The zero-order chi connectivity index (χ0) is 38.2. The number of ether oxygens (including phenoxy) is 1. The molecular formula is C45H32F4O4S3. The monoisotopic (exact) mass is 808 g/mol. The van der Waals surface area contributed by atoms with Gasteiger partial charge in [-0.25, -0.2) is 17.6 Å². The van der Waals surface area contributed by atoms with Gasteiger partial charge in [-0.3, -0.25) is 14.4 Å². The molecule has 2 spiro atoms. The Labute approximate surface area is 331 Å². The van der Waals surface area contributed by atoms with Crippen molar-refractivity contribution in [1.29, 1.82) is 0 Å². The number of carbonyl (C=O) groups is 3. The largest absolute Gasteiger partial charge is 0.372 e. The SMILES string of the molecule is O=C1/C(=C/c2cc3sc4c(c3s2)C2(CCCCC2)c2c-4sc3c2C2(CCCCC2)C(C=C2C(=O)c4cc(F)c(F)cc4C2=O)=C3)COCc2cc(F)c(F)cc21. The van der Waals surface area contributed by atoms with Crippen LogP contribution in [0.25, 0.3) is 31.3 Å². The Balaban J connectivity index is 1.02. The number of fused-ring (bicyclic) bond motifs is 12. The van der Waals surface area contributed by atoms with Gasteiger partial charge in [-0.2, -0.15) is 0 Å². The zero-order valence-electron chi connectivity index (χ0n) is 30.0. The van der Waals surface area contributed by atoms with E-state index in [0.29, 0.717) is 11.1 Å². The van der Waals surface area contributed by atoms with Crippen LogP contribution in [0.2, 0.25) is 0 Å². The second-order valence-electron chi connectivity index (χ2n) is 16.0. The number of hydrogen-bond acceptors (Lipinski definition) is 7. The first-order valence-electron chi connectivity index (χ1n) is 19.2. The molecule has 4 heterocycles. The van der Waals surface area contributed by atoms with E-state index >= 15 is 0 Å². The van der Waals surface area contributed by atoms with Gasteiger partial charge in [0.25, 0.3) is 0 Å². The molecule has 11 rings (SSSR count). The van der Waals surface area contributed by atoms with Crippen molar-refractivity contribution in [2.45, 2.75) is 81.6 Å². The van der Waals surface area contributed by atoms with Gasteiger partial charge in [0.2, 0.25) is 0 Å². The van der Waals surface area contributed by atoms with Gasteiger partial charge in [-0.05, 0) is 96.5 Å². The summed E-state index contributed by atoms with van der Waals surface area (Å²) >= 11 is 5.26. The van der Waals surface area contributed by atoms with E-state index in [4.69, 9.17) is 4.74 Å². The summed E-state index contributed by atoms with van der Waals surface area (Å²) in [5.74, 6) is -5.83.